The SMILES string of the molecule is CCNC(=NCc1nc(C)c(C)s1)NCC(C1CC1)N(C)C. The van der Waals surface area contributed by atoms with Crippen LogP contribution >= 0.6 is 11.3 Å². The summed E-state index contributed by atoms with van der Waals surface area (Å²) < 4.78 is 0. The molecule has 0 saturated heterocycles. The third-order valence-electron chi connectivity index (χ3n) is 4.10. The molecule has 1 unspecified atom stereocenters. The van der Waals surface area contributed by atoms with Crippen LogP contribution in [0.4, 0.5) is 0 Å². The van der Waals surface area contributed by atoms with E-state index in [1.165, 1.54) is 17.7 Å². The van der Waals surface area contributed by atoms with E-state index in [0.29, 0.717) is 12.6 Å². The molecule has 1 heterocycles. The van der Waals surface area contributed by atoms with Gasteiger partial charge in [-0.2, -0.15) is 0 Å². The summed E-state index contributed by atoms with van der Waals surface area (Å²) in [4.78, 5) is 12.8. The Labute approximate surface area is 138 Å². The van der Waals surface area contributed by atoms with Gasteiger partial charge in [-0.05, 0) is 53.6 Å². The summed E-state index contributed by atoms with van der Waals surface area (Å²) in [7, 11) is 4.33. The van der Waals surface area contributed by atoms with E-state index < -0.39 is 0 Å². The third kappa shape index (κ3) is 4.95. The van der Waals surface area contributed by atoms with Gasteiger partial charge in [-0.15, -0.1) is 11.3 Å². The second kappa shape index (κ2) is 7.92. The molecule has 0 spiro atoms. The van der Waals surface area contributed by atoms with Gasteiger partial charge < -0.3 is 15.5 Å². The summed E-state index contributed by atoms with van der Waals surface area (Å²) in [6, 6.07) is 0.591. The van der Waals surface area contributed by atoms with Crippen molar-refractivity contribution in [1.29, 1.82) is 0 Å². The molecule has 1 atom stereocenters. The fourth-order valence-corrected chi connectivity index (χ4v) is 3.41. The van der Waals surface area contributed by atoms with Crippen LogP contribution in [-0.2, 0) is 6.54 Å². The summed E-state index contributed by atoms with van der Waals surface area (Å²) in [5.74, 6) is 1.73. The molecule has 1 aliphatic carbocycles. The molecular weight excluding hydrogens is 294 g/mol. The number of guanidine groups is 1. The van der Waals surface area contributed by atoms with Gasteiger partial charge in [0, 0.05) is 24.0 Å². The molecule has 0 aromatic carbocycles. The number of rotatable bonds is 7. The van der Waals surface area contributed by atoms with E-state index in [9.17, 15) is 0 Å². The molecule has 1 aliphatic rings. The number of aromatic nitrogens is 1. The minimum atomic E-state index is 0.591. The molecule has 1 saturated carbocycles. The van der Waals surface area contributed by atoms with Crippen LogP contribution in [0, 0.1) is 19.8 Å². The number of nitrogens with one attached hydrogen (secondary N) is 2. The minimum absolute atomic E-state index is 0.591. The molecule has 0 radical (unpaired) electrons. The van der Waals surface area contributed by atoms with Gasteiger partial charge in [0.05, 0.1) is 12.2 Å². The first kappa shape index (κ1) is 17.2. The van der Waals surface area contributed by atoms with E-state index in [2.05, 4.69) is 60.4 Å². The Hall–Kier alpha value is -1.14. The molecule has 6 heteroatoms. The van der Waals surface area contributed by atoms with Crippen molar-refractivity contribution in [3.05, 3.63) is 15.6 Å². The van der Waals surface area contributed by atoms with E-state index in [1.54, 1.807) is 11.3 Å². The molecule has 2 rings (SSSR count). The maximum atomic E-state index is 4.67. The van der Waals surface area contributed by atoms with Crippen LogP contribution in [0.5, 0.6) is 0 Å². The Kier molecular flexibility index (Phi) is 6.20. The predicted molar refractivity (Wildman–Crippen MR) is 94.6 cm³/mol. The Morgan fingerprint density at radius 2 is 2.09 bits per heavy atom. The lowest BCUT2D eigenvalue weighted by Gasteiger charge is -2.25. The molecular formula is C16H29N5S. The maximum Gasteiger partial charge on any atom is 0.191 e. The molecule has 22 heavy (non-hydrogen) atoms. The fourth-order valence-electron chi connectivity index (χ4n) is 2.55. The van der Waals surface area contributed by atoms with Crippen LogP contribution < -0.4 is 10.6 Å². The van der Waals surface area contributed by atoms with Gasteiger partial charge in [-0.3, -0.25) is 0 Å². The van der Waals surface area contributed by atoms with Crippen molar-refractivity contribution >= 4 is 17.3 Å². The Morgan fingerprint density at radius 3 is 2.59 bits per heavy atom. The Bertz CT molecular complexity index is 483. The van der Waals surface area contributed by atoms with E-state index >= 15 is 0 Å². The highest BCUT2D eigenvalue weighted by molar-refractivity contribution is 7.11. The maximum absolute atomic E-state index is 4.67. The highest BCUT2D eigenvalue weighted by Crippen LogP contribution is 2.34. The summed E-state index contributed by atoms with van der Waals surface area (Å²) in [6.45, 7) is 8.72. The first-order chi connectivity index (χ1) is 10.5. The average Bonchev–Trinajstić information content (AvgIpc) is 3.23. The molecule has 124 valence electrons. The van der Waals surface area contributed by atoms with Crippen LogP contribution in [0.15, 0.2) is 4.99 Å². The quantitative estimate of drug-likeness (QED) is 0.596. The molecule has 0 amide bonds. The molecule has 1 aromatic rings. The standard InChI is InChI=1S/C16H29N5S/c1-6-17-16(18-9-14(21(4)5)13-7-8-13)19-10-15-20-11(2)12(3)22-15/h13-14H,6-10H2,1-5H3,(H2,17,18,19). The summed E-state index contributed by atoms with van der Waals surface area (Å²) in [6.07, 6.45) is 2.71. The number of hydrogen-bond donors (Lipinski definition) is 2. The zero-order valence-electron chi connectivity index (χ0n) is 14.4. The van der Waals surface area contributed by atoms with E-state index in [0.717, 1.165) is 35.7 Å². The lowest BCUT2D eigenvalue weighted by atomic mass is 10.1. The van der Waals surface area contributed by atoms with Gasteiger partial charge in [0.1, 0.15) is 5.01 Å². The van der Waals surface area contributed by atoms with Crippen LogP contribution in [0.1, 0.15) is 35.3 Å². The lowest BCUT2D eigenvalue weighted by molar-refractivity contribution is 0.264. The fraction of sp³-hybridized carbons (Fsp3) is 0.750. The summed E-state index contributed by atoms with van der Waals surface area (Å²) in [5.41, 5.74) is 1.12. The summed E-state index contributed by atoms with van der Waals surface area (Å²) in [5, 5.41) is 7.90. The highest BCUT2D eigenvalue weighted by Gasteiger charge is 2.32. The Morgan fingerprint density at radius 1 is 1.36 bits per heavy atom. The number of aryl methyl sites for hydroxylation is 2. The van der Waals surface area contributed by atoms with Gasteiger partial charge >= 0.3 is 0 Å². The third-order valence-corrected chi connectivity index (χ3v) is 5.16. The van der Waals surface area contributed by atoms with Crippen molar-refractivity contribution in [2.24, 2.45) is 10.9 Å². The van der Waals surface area contributed by atoms with Gasteiger partial charge in [-0.25, -0.2) is 9.98 Å². The number of thiazole rings is 1. The smallest absolute Gasteiger partial charge is 0.191 e. The second-order valence-corrected chi connectivity index (χ2v) is 7.48. The average molecular weight is 324 g/mol. The topological polar surface area (TPSA) is 52.6 Å². The number of aliphatic imine (C=N–C) groups is 1. The van der Waals surface area contributed by atoms with Crippen molar-refractivity contribution in [1.82, 2.24) is 20.5 Å². The molecule has 5 nitrogen and oxygen atoms in total. The van der Waals surface area contributed by atoms with Crippen LogP contribution in [0.3, 0.4) is 0 Å². The van der Waals surface area contributed by atoms with Crippen molar-refractivity contribution in [3.8, 4) is 0 Å². The second-order valence-electron chi connectivity index (χ2n) is 6.19. The number of likely N-dealkylation sites (N-methyl/N-ethyl adjacent to an activating group) is 1. The monoisotopic (exact) mass is 323 g/mol. The van der Waals surface area contributed by atoms with Gasteiger partial charge in [0.2, 0.25) is 0 Å². The highest BCUT2D eigenvalue weighted by atomic mass is 32.1. The minimum Gasteiger partial charge on any atom is -0.357 e. The van der Waals surface area contributed by atoms with Crippen LogP contribution in [0.2, 0.25) is 0 Å². The van der Waals surface area contributed by atoms with Gasteiger partial charge in [-0.1, -0.05) is 0 Å². The van der Waals surface area contributed by atoms with Crippen molar-refractivity contribution in [2.75, 3.05) is 27.2 Å². The molecule has 1 aromatic heterocycles. The zero-order valence-corrected chi connectivity index (χ0v) is 15.3. The molecule has 0 bridgehead atoms. The van der Waals surface area contributed by atoms with E-state index in [4.69, 9.17) is 0 Å². The largest absolute Gasteiger partial charge is 0.357 e. The van der Waals surface area contributed by atoms with Gasteiger partial charge in [0.25, 0.3) is 0 Å². The van der Waals surface area contributed by atoms with E-state index in [1.807, 2.05) is 0 Å². The first-order valence-electron chi connectivity index (χ1n) is 8.12. The van der Waals surface area contributed by atoms with Gasteiger partial charge in [0.15, 0.2) is 5.96 Å². The normalized spacial score (nSPS) is 16.9. The van der Waals surface area contributed by atoms with Crippen LogP contribution in [-0.4, -0.2) is 49.1 Å². The number of hydrogen-bond acceptors (Lipinski definition) is 4. The molecule has 1 fully saturated rings. The van der Waals surface area contributed by atoms with Crippen molar-refractivity contribution in [3.63, 3.8) is 0 Å². The number of nitrogens with zero attached hydrogens (tertiary/aromatic N) is 3. The summed E-state index contributed by atoms with van der Waals surface area (Å²) >= 11 is 1.74. The lowest BCUT2D eigenvalue weighted by Crippen LogP contribution is -2.46. The first-order valence-corrected chi connectivity index (χ1v) is 8.94. The molecule has 2 N–H and O–H groups in total. The van der Waals surface area contributed by atoms with E-state index in [-0.39, 0.29) is 0 Å². The predicted octanol–water partition coefficient (Wildman–Crippen LogP) is 2.16. The van der Waals surface area contributed by atoms with Crippen molar-refractivity contribution in [2.45, 2.75) is 46.2 Å². The van der Waals surface area contributed by atoms with Crippen molar-refractivity contribution < 1.29 is 0 Å². The zero-order chi connectivity index (χ0) is 16.1. The van der Waals surface area contributed by atoms with Crippen LogP contribution in [0.25, 0.3) is 0 Å². The molecule has 0 aliphatic heterocycles. The Balaban J connectivity index is 1.91.